The Morgan fingerprint density at radius 2 is 1.22 bits per heavy atom. The maximum atomic E-state index is 12.4. The molecule has 2 aromatic carbocycles. The summed E-state index contributed by atoms with van der Waals surface area (Å²) in [5.74, 6) is -0.757. The van der Waals surface area contributed by atoms with Crippen molar-refractivity contribution >= 4 is 55.3 Å². The second kappa shape index (κ2) is 8.01. The van der Waals surface area contributed by atoms with Gasteiger partial charge in [-0.1, -0.05) is 44.0 Å². The van der Waals surface area contributed by atoms with E-state index < -0.39 is 11.8 Å². The highest BCUT2D eigenvalue weighted by Crippen LogP contribution is 2.22. The summed E-state index contributed by atoms with van der Waals surface area (Å²) in [7, 11) is 0. The molecular weight excluding hydrogens is 480 g/mol. The van der Waals surface area contributed by atoms with E-state index in [4.69, 9.17) is 0 Å². The molecule has 2 amide bonds. The molecular formula is C18H14Br2N4O3. The molecule has 9 heteroatoms. The van der Waals surface area contributed by atoms with Crippen LogP contribution in [0, 0.1) is 13.8 Å². The first-order valence-corrected chi connectivity index (χ1v) is 9.41. The average molecular weight is 494 g/mol. The van der Waals surface area contributed by atoms with Crippen LogP contribution in [0.1, 0.15) is 31.8 Å². The standard InChI is InChI=1S/C18H14Br2N4O3/c1-9-3-5-11(7-13(9)19)17(25)21-15-16(24-27-23-15)22-18(26)12-6-4-10(2)14(20)8-12/h3-8H,1-2H3,(H,21,23,25)(H,22,24,26). The van der Waals surface area contributed by atoms with Gasteiger partial charge in [-0.25, -0.2) is 4.63 Å². The van der Waals surface area contributed by atoms with E-state index in [0.29, 0.717) is 11.1 Å². The summed E-state index contributed by atoms with van der Waals surface area (Å²) >= 11 is 6.78. The van der Waals surface area contributed by atoms with Gasteiger partial charge in [0.15, 0.2) is 0 Å². The smallest absolute Gasteiger partial charge is 0.257 e. The highest BCUT2D eigenvalue weighted by Gasteiger charge is 2.18. The number of amides is 2. The van der Waals surface area contributed by atoms with Crippen LogP contribution in [0.5, 0.6) is 0 Å². The van der Waals surface area contributed by atoms with E-state index in [0.717, 1.165) is 20.1 Å². The predicted octanol–water partition coefficient (Wildman–Crippen LogP) is 4.72. The molecule has 0 unspecified atom stereocenters. The second-order valence-electron chi connectivity index (χ2n) is 5.80. The molecule has 138 valence electrons. The summed E-state index contributed by atoms with van der Waals surface area (Å²) in [4.78, 5) is 24.8. The minimum absolute atomic E-state index is 0.0243. The molecule has 1 aromatic heterocycles. The molecule has 1 heterocycles. The third-order valence-corrected chi connectivity index (χ3v) is 5.53. The van der Waals surface area contributed by atoms with Gasteiger partial charge in [-0.15, -0.1) is 0 Å². The SMILES string of the molecule is Cc1ccc(C(=O)Nc2nonc2NC(=O)c2ccc(C)c(Br)c2)cc1Br. The first kappa shape index (κ1) is 19.2. The van der Waals surface area contributed by atoms with Crippen molar-refractivity contribution in [2.75, 3.05) is 10.6 Å². The van der Waals surface area contributed by atoms with Crippen LogP contribution < -0.4 is 10.6 Å². The number of hydrogen-bond donors (Lipinski definition) is 2. The van der Waals surface area contributed by atoms with E-state index in [2.05, 4.69) is 57.4 Å². The molecule has 0 spiro atoms. The zero-order valence-electron chi connectivity index (χ0n) is 14.3. The number of nitrogens with zero attached hydrogens (tertiary/aromatic N) is 2. The van der Waals surface area contributed by atoms with Gasteiger partial charge in [0.05, 0.1) is 0 Å². The van der Waals surface area contributed by atoms with Gasteiger partial charge < -0.3 is 10.6 Å². The number of nitrogens with one attached hydrogen (secondary N) is 2. The van der Waals surface area contributed by atoms with Crippen LogP contribution in [-0.2, 0) is 0 Å². The molecule has 0 aliphatic heterocycles. The van der Waals surface area contributed by atoms with Gasteiger partial charge in [-0.2, -0.15) is 0 Å². The fourth-order valence-electron chi connectivity index (χ4n) is 2.18. The van der Waals surface area contributed by atoms with Crippen molar-refractivity contribution in [2.45, 2.75) is 13.8 Å². The molecule has 0 fully saturated rings. The lowest BCUT2D eigenvalue weighted by Crippen LogP contribution is -2.17. The number of rotatable bonds is 4. The number of aromatic nitrogens is 2. The van der Waals surface area contributed by atoms with Crippen molar-refractivity contribution < 1.29 is 14.2 Å². The van der Waals surface area contributed by atoms with Crippen LogP contribution in [0.4, 0.5) is 11.6 Å². The second-order valence-corrected chi connectivity index (χ2v) is 7.51. The van der Waals surface area contributed by atoms with Crippen molar-refractivity contribution in [2.24, 2.45) is 0 Å². The Kier molecular flexibility index (Phi) is 5.71. The fraction of sp³-hybridized carbons (Fsp3) is 0.111. The lowest BCUT2D eigenvalue weighted by molar-refractivity contribution is 0.101. The van der Waals surface area contributed by atoms with E-state index in [-0.39, 0.29) is 11.6 Å². The number of halogens is 2. The summed E-state index contributed by atoms with van der Waals surface area (Å²) in [6, 6.07) is 10.4. The highest BCUT2D eigenvalue weighted by molar-refractivity contribution is 9.10. The van der Waals surface area contributed by atoms with Gasteiger partial charge in [-0.3, -0.25) is 9.59 Å². The molecule has 0 saturated heterocycles. The number of carbonyl (C=O) groups is 2. The molecule has 2 N–H and O–H groups in total. The molecule has 0 saturated carbocycles. The van der Waals surface area contributed by atoms with E-state index in [1.165, 1.54) is 0 Å². The third-order valence-electron chi connectivity index (χ3n) is 3.82. The maximum Gasteiger partial charge on any atom is 0.257 e. The quantitative estimate of drug-likeness (QED) is 0.548. The summed E-state index contributed by atoms with van der Waals surface area (Å²) < 4.78 is 6.28. The van der Waals surface area contributed by atoms with Crippen molar-refractivity contribution in [1.29, 1.82) is 0 Å². The number of benzene rings is 2. The van der Waals surface area contributed by atoms with Gasteiger partial charge in [-0.05, 0) is 59.6 Å². The average Bonchev–Trinajstić information content (AvgIpc) is 3.06. The van der Waals surface area contributed by atoms with E-state index in [9.17, 15) is 9.59 Å². The van der Waals surface area contributed by atoms with Crippen molar-refractivity contribution in [1.82, 2.24) is 10.3 Å². The normalized spacial score (nSPS) is 10.5. The Morgan fingerprint density at radius 1 is 0.815 bits per heavy atom. The monoisotopic (exact) mass is 492 g/mol. The van der Waals surface area contributed by atoms with Crippen molar-refractivity contribution in [3.8, 4) is 0 Å². The lowest BCUT2D eigenvalue weighted by Gasteiger charge is -2.07. The van der Waals surface area contributed by atoms with Crippen LogP contribution >= 0.6 is 31.9 Å². The molecule has 3 rings (SSSR count). The lowest BCUT2D eigenvalue weighted by atomic mass is 10.1. The Labute approximate surface area is 171 Å². The molecule has 0 aliphatic carbocycles. The summed E-state index contributed by atoms with van der Waals surface area (Å²) in [6.45, 7) is 3.84. The molecule has 7 nitrogen and oxygen atoms in total. The van der Waals surface area contributed by atoms with Gasteiger partial charge >= 0.3 is 0 Å². The van der Waals surface area contributed by atoms with Crippen LogP contribution in [0.25, 0.3) is 0 Å². The van der Waals surface area contributed by atoms with Crippen LogP contribution in [0.15, 0.2) is 50.0 Å². The van der Waals surface area contributed by atoms with Crippen molar-refractivity contribution in [3.63, 3.8) is 0 Å². The summed E-state index contributed by atoms with van der Waals surface area (Å²) in [5, 5.41) is 12.5. The van der Waals surface area contributed by atoms with E-state index in [1.807, 2.05) is 26.0 Å². The first-order chi connectivity index (χ1) is 12.8. The van der Waals surface area contributed by atoms with Gasteiger partial charge in [0.25, 0.3) is 11.8 Å². The molecule has 0 radical (unpaired) electrons. The van der Waals surface area contributed by atoms with Crippen LogP contribution in [-0.4, -0.2) is 22.1 Å². The number of carbonyl (C=O) groups excluding carboxylic acids is 2. The Morgan fingerprint density at radius 3 is 1.59 bits per heavy atom. The summed E-state index contributed by atoms with van der Waals surface area (Å²) in [6.07, 6.45) is 0. The number of hydrogen-bond acceptors (Lipinski definition) is 5. The topological polar surface area (TPSA) is 97.1 Å². The molecule has 0 atom stereocenters. The molecule has 0 bridgehead atoms. The van der Waals surface area contributed by atoms with Gasteiger partial charge in [0, 0.05) is 20.1 Å². The third kappa shape index (κ3) is 4.42. The van der Waals surface area contributed by atoms with Crippen LogP contribution in [0.2, 0.25) is 0 Å². The number of aryl methyl sites for hydroxylation is 2. The zero-order chi connectivity index (χ0) is 19.6. The zero-order valence-corrected chi connectivity index (χ0v) is 17.5. The van der Waals surface area contributed by atoms with Gasteiger partial charge in [0.2, 0.25) is 11.6 Å². The molecule has 27 heavy (non-hydrogen) atoms. The Hall–Kier alpha value is -2.52. The Bertz CT molecular complexity index is 953. The number of anilines is 2. The van der Waals surface area contributed by atoms with Crippen LogP contribution in [0.3, 0.4) is 0 Å². The fourth-order valence-corrected chi connectivity index (χ4v) is 2.94. The predicted molar refractivity (Wildman–Crippen MR) is 108 cm³/mol. The van der Waals surface area contributed by atoms with Crippen molar-refractivity contribution in [3.05, 3.63) is 67.6 Å². The maximum absolute atomic E-state index is 12.4. The first-order valence-electron chi connectivity index (χ1n) is 7.82. The van der Waals surface area contributed by atoms with E-state index in [1.54, 1.807) is 24.3 Å². The Balaban J connectivity index is 1.75. The summed E-state index contributed by atoms with van der Waals surface area (Å²) in [5.41, 5.74) is 2.86. The highest BCUT2D eigenvalue weighted by atomic mass is 79.9. The largest absolute Gasteiger partial charge is 0.300 e. The minimum atomic E-state index is -0.403. The molecule has 3 aromatic rings. The molecule has 0 aliphatic rings. The van der Waals surface area contributed by atoms with Gasteiger partial charge in [0.1, 0.15) is 0 Å². The minimum Gasteiger partial charge on any atom is -0.300 e. The van der Waals surface area contributed by atoms with E-state index >= 15 is 0 Å².